The lowest BCUT2D eigenvalue weighted by Gasteiger charge is -2.02. The van der Waals surface area contributed by atoms with Gasteiger partial charge in [-0.1, -0.05) is 30.3 Å². The van der Waals surface area contributed by atoms with Gasteiger partial charge in [0.05, 0.1) is 0 Å². The molecule has 6 nitrogen and oxygen atoms in total. The molecule has 0 fully saturated rings. The van der Waals surface area contributed by atoms with E-state index < -0.39 is 12.0 Å². The standard InChI is InChI=1S/C13H13N3O3/c14-10(13(18)19)6-9-7-15-12(16-9)11(17)8-4-2-1-3-5-8/h1-5,7,10H,6,14H2,(H,15,16)(H,18,19). The number of nitrogens with one attached hydrogen (secondary N) is 1. The predicted octanol–water partition coefficient (Wildman–Crippen LogP) is 0.595. The quantitative estimate of drug-likeness (QED) is 0.681. The fourth-order valence-corrected chi connectivity index (χ4v) is 1.63. The fourth-order valence-electron chi connectivity index (χ4n) is 1.63. The molecule has 1 unspecified atom stereocenters. The van der Waals surface area contributed by atoms with Crippen LogP contribution in [-0.2, 0) is 11.2 Å². The fraction of sp³-hybridized carbons (Fsp3) is 0.154. The van der Waals surface area contributed by atoms with Gasteiger partial charge >= 0.3 is 5.97 Å². The summed E-state index contributed by atoms with van der Waals surface area (Å²) < 4.78 is 0. The molecule has 1 heterocycles. The number of rotatable bonds is 5. The number of imidazole rings is 1. The number of hydrogen-bond acceptors (Lipinski definition) is 4. The zero-order chi connectivity index (χ0) is 13.8. The average Bonchev–Trinajstić information content (AvgIpc) is 2.87. The highest BCUT2D eigenvalue weighted by atomic mass is 16.4. The Morgan fingerprint density at radius 3 is 2.63 bits per heavy atom. The molecule has 2 aromatic rings. The number of carbonyl (C=O) groups is 2. The predicted molar refractivity (Wildman–Crippen MR) is 67.8 cm³/mol. The van der Waals surface area contributed by atoms with Gasteiger partial charge in [0.25, 0.3) is 0 Å². The summed E-state index contributed by atoms with van der Waals surface area (Å²) in [4.78, 5) is 29.4. The molecule has 98 valence electrons. The van der Waals surface area contributed by atoms with E-state index in [0.29, 0.717) is 11.3 Å². The molecular weight excluding hydrogens is 246 g/mol. The van der Waals surface area contributed by atoms with Gasteiger partial charge in [0.1, 0.15) is 6.04 Å². The van der Waals surface area contributed by atoms with Crippen LogP contribution in [0.25, 0.3) is 0 Å². The number of nitrogens with two attached hydrogens (primary N) is 1. The molecule has 0 radical (unpaired) electrons. The van der Waals surface area contributed by atoms with E-state index in [1.165, 1.54) is 6.20 Å². The van der Waals surface area contributed by atoms with Crippen molar-refractivity contribution in [3.8, 4) is 0 Å². The Labute approximate surface area is 109 Å². The maximum absolute atomic E-state index is 12.0. The number of hydrogen-bond donors (Lipinski definition) is 3. The third-order valence-electron chi connectivity index (χ3n) is 2.64. The highest BCUT2D eigenvalue weighted by molar-refractivity contribution is 6.06. The molecule has 0 aliphatic carbocycles. The van der Waals surface area contributed by atoms with Crippen molar-refractivity contribution in [1.29, 1.82) is 0 Å². The summed E-state index contributed by atoms with van der Waals surface area (Å²) in [5, 5.41) is 8.71. The first-order chi connectivity index (χ1) is 9.08. The lowest BCUT2D eigenvalue weighted by Crippen LogP contribution is -2.32. The number of nitrogens with zero attached hydrogens (tertiary/aromatic N) is 1. The van der Waals surface area contributed by atoms with E-state index in [-0.39, 0.29) is 18.0 Å². The SMILES string of the molecule is NC(Cc1cnc(C(=O)c2ccccc2)[nH]1)C(=O)O. The molecule has 0 saturated heterocycles. The van der Waals surface area contributed by atoms with Crippen LogP contribution in [0, 0.1) is 0 Å². The Morgan fingerprint density at radius 2 is 2.00 bits per heavy atom. The van der Waals surface area contributed by atoms with Crippen LogP contribution in [0.15, 0.2) is 36.5 Å². The first-order valence-electron chi connectivity index (χ1n) is 5.70. The van der Waals surface area contributed by atoms with Gasteiger partial charge in [0, 0.05) is 23.9 Å². The first-order valence-corrected chi connectivity index (χ1v) is 5.70. The smallest absolute Gasteiger partial charge is 0.320 e. The van der Waals surface area contributed by atoms with Gasteiger partial charge in [-0.15, -0.1) is 0 Å². The van der Waals surface area contributed by atoms with Crippen LogP contribution in [0.4, 0.5) is 0 Å². The Morgan fingerprint density at radius 1 is 1.32 bits per heavy atom. The number of H-pyrrole nitrogens is 1. The second kappa shape index (κ2) is 5.45. The van der Waals surface area contributed by atoms with Gasteiger partial charge in [0.15, 0.2) is 5.82 Å². The van der Waals surface area contributed by atoms with E-state index in [4.69, 9.17) is 10.8 Å². The number of carbonyl (C=O) groups excluding carboxylic acids is 1. The molecule has 1 aromatic heterocycles. The van der Waals surface area contributed by atoms with Crippen molar-refractivity contribution in [2.24, 2.45) is 5.73 Å². The second-order valence-electron chi connectivity index (χ2n) is 4.10. The van der Waals surface area contributed by atoms with Crippen LogP contribution in [0.5, 0.6) is 0 Å². The number of carboxylic acid groups (broad SMARTS) is 1. The molecule has 0 saturated carbocycles. The van der Waals surface area contributed by atoms with Crippen LogP contribution >= 0.6 is 0 Å². The lowest BCUT2D eigenvalue weighted by atomic mass is 10.1. The van der Waals surface area contributed by atoms with Crippen molar-refractivity contribution in [2.75, 3.05) is 0 Å². The molecule has 0 aliphatic rings. The summed E-state index contributed by atoms with van der Waals surface area (Å²) in [6.07, 6.45) is 1.53. The van der Waals surface area contributed by atoms with E-state index in [1.807, 2.05) is 6.07 Å². The summed E-state index contributed by atoms with van der Waals surface area (Å²) in [5.74, 6) is -1.15. The highest BCUT2D eigenvalue weighted by Gasteiger charge is 2.16. The van der Waals surface area contributed by atoms with E-state index >= 15 is 0 Å². The van der Waals surface area contributed by atoms with Gasteiger partial charge in [-0.25, -0.2) is 4.98 Å². The lowest BCUT2D eigenvalue weighted by molar-refractivity contribution is -0.138. The zero-order valence-electron chi connectivity index (χ0n) is 10.0. The summed E-state index contributed by atoms with van der Waals surface area (Å²) >= 11 is 0. The molecule has 19 heavy (non-hydrogen) atoms. The maximum Gasteiger partial charge on any atom is 0.320 e. The normalized spacial score (nSPS) is 12.1. The van der Waals surface area contributed by atoms with E-state index in [0.717, 1.165) is 0 Å². The number of aliphatic carboxylic acids is 1. The molecule has 1 aromatic carbocycles. The topological polar surface area (TPSA) is 109 Å². The van der Waals surface area contributed by atoms with Crippen LogP contribution in [0.3, 0.4) is 0 Å². The average molecular weight is 259 g/mol. The minimum atomic E-state index is -1.09. The van der Waals surface area contributed by atoms with Gasteiger partial charge in [-0.3, -0.25) is 9.59 Å². The minimum Gasteiger partial charge on any atom is -0.480 e. The van der Waals surface area contributed by atoms with E-state index in [2.05, 4.69) is 9.97 Å². The Hall–Kier alpha value is -2.47. The molecule has 0 aliphatic heterocycles. The van der Waals surface area contributed by atoms with Crippen molar-refractivity contribution >= 4 is 11.8 Å². The summed E-state index contributed by atoms with van der Waals surface area (Å²) in [6, 6.07) is 7.70. The Balaban J connectivity index is 2.13. The van der Waals surface area contributed by atoms with Crippen LogP contribution < -0.4 is 5.73 Å². The molecule has 4 N–H and O–H groups in total. The van der Waals surface area contributed by atoms with Crippen LogP contribution in [-0.4, -0.2) is 32.9 Å². The molecule has 0 spiro atoms. The zero-order valence-corrected chi connectivity index (χ0v) is 10.0. The summed E-state index contributed by atoms with van der Waals surface area (Å²) in [7, 11) is 0. The van der Waals surface area contributed by atoms with Crippen LogP contribution in [0.1, 0.15) is 21.9 Å². The number of ketones is 1. The maximum atomic E-state index is 12.0. The van der Waals surface area contributed by atoms with Crippen molar-refractivity contribution in [2.45, 2.75) is 12.5 Å². The van der Waals surface area contributed by atoms with Crippen molar-refractivity contribution < 1.29 is 14.7 Å². The highest BCUT2D eigenvalue weighted by Crippen LogP contribution is 2.08. The number of carboxylic acids is 1. The number of aromatic amines is 1. The molecule has 6 heteroatoms. The van der Waals surface area contributed by atoms with E-state index in [9.17, 15) is 9.59 Å². The summed E-state index contributed by atoms with van der Waals surface area (Å²) in [6.45, 7) is 0. The van der Waals surface area contributed by atoms with Gasteiger partial charge in [-0.05, 0) is 0 Å². The van der Waals surface area contributed by atoms with Gasteiger partial charge in [0.2, 0.25) is 5.78 Å². The van der Waals surface area contributed by atoms with Crippen molar-refractivity contribution in [1.82, 2.24) is 9.97 Å². The van der Waals surface area contributed by atoms with Gasteiger partial charge in [-0.2, -0.15) is 0 Å². The number of benzene rings is 1. The molecule has 0 bridgehead atoms. The van der Waals surface area contributed by atoms with Gasteiger partial charge < -0.3 is 15.8 Å². The largest absolute Gasteiger partial charge is 0.480 e. The number of aromatic nitrogens is 2. The summed E-state index contributed by atoms with van der Waals surface area (Å²) in [5.41, 5.74) is 6.45. The molecule has 1 atom stereocenters. The molecule has 0 amide bonds. The molecular formula is C13H13N3O3. The minimum absolute atomic E-state index is 0.102. The Kier molecular flexibility index (Phi) is 3.72. The van der Waals surface area contributed by atoms with E-state index in [1.54, 1.807) is 24.3 Å². The van der Waals surface area contributed by atoms with Crippen molar-refractivity contribution in [3.05, 3.63) is 53.6 Å². The van der Waals surface area contributed by atoms with Crippen LogP contribution in [0.2, 0.25) is 0 Å². The molecule has 2 rings (SSSR count). The van der Waals surface area contributed by atoms with Crippen molar-refractivity contribution in [3.63, 3.8) is 0 Å². The first kappa shape index (κ1) is 13.0. The third kappa shape index (κ3) is 3.05. The second-order valence-corrected chi connectivity index (χ2v) is 4.10. The Bertz CT molecular complexity index is 592. The monoisotopic (exact) mass is 259 g/mol. The third-order valence-corrected chi connectivity index (χ3v) is 2.64.